The third-order valence-electron chi connectivity index (χ3n) is 4.31. The molecule has 2 atom stereocenters. The SMILES string of the molecule is COc1ccc(C2(O)CC3CNCC3C2)cc1. The van der Waals surface area contributed by atoms with Crippen molar-refractivity contribution in [3.05, 3.63) is 29.8 Å². The van der Waals surface area contributed by atoms with Crippen LogP contribution in [-0.4, -0.2) is 25.3 Å². The lowest BCUT2D eigenvalue weighted by atomic mass is 9.90. The van der Waals surface area contributed by atoms with Crippen LogP contribution in [0.1, 0.15) is 18.4 Å². The summed E-state index contributed by atoms with van der Waals surface area (Å²) >= 11 is 0. The predicted molar refractivity (Wildman–Crippen MR) is 66.0 cm³/mol. The molecule has 0 bridgehead atoms. The van der Waals surface area contributed by atoms with Crippen molar-refractivity contribution in [1.82, 2.24) is 5.32 Å². The fraction of sp³-hybridized carbons (Fsp3) is 0.571. The standard InChI is InChI=1S/C14H19NO2/c1-17-13-4-2-12(3-5-13)14(16)6-10-8-15-9-11(10)7-14/h2-5,10-11,15-16H,6-9H2,1H3. The molecule has 2 aliphatic rings. The van der Waals surface area contributed by atoms with Crippen molar-refractivity contribution in [2.75, 3.05) is 20.2 Å². The number of methoxy groups -OCH3 is 1. The van der Waals surface area contributed by atoms with E-state index in [1.54, 1.807) is 7.11 Å². The van der Waals surface area contributed by atoms with Crippen molar-refractivity contribution < 1.29 is 9.84 Å². The third kappa shape index (κ3) is 1.83. The largest absolute Gasteiger partial charge is 0.497 e. The topological polar surface area (TPSA) is 41.5 Å². The van der Waals surface area contributed by atoms with Crippen LogP contribution in [0.25, 0.3) is 0 Å². The summed E-state index contributed by atoms with van der Waals surface area (Å²) < 4.78 is 5.15. The van der Waals surface area contributed by atoms with Crippen LogP contribution in [0.5, 0.6) is 5.75 Å². The fourth-order valence-electron chi connectivity index (χ4n) is 3.35. The first-order valence-corrected chi connectivity index (χ1v) is 6.29. The average Bonchev–Trinajstić information content (AvgIpc) is 2.88. The second-order valence-electron chi connectivity index (χ2n) is 5.35. The van der Waals surface area contributed by atoms with Crippen molar-refractivity contribution in [1.29, 1.82) is 0 Å². The van der Waals surface area contributed by atoms with Crippen LogP contribution in [0, 0.1) is 11.8 Å². The van der Waals surface area contributed by atoms with Gasteiger partial charge in [0.05, 0.1) is 12.7 Å². The van der Waals surface area contributed by atoms with Gasteiger partial charge in [-0.15, -0.1) is 0 Å². The van der Waals surface area contributed by atoms with E-state index in [1.807, 2.05) is 24.3 Å². The molecule has 1 aromatic carbocycles. The van der Waals surface area contributed by atoms with Gasteiger partial charge in [0.1, 0.15) is 5.75 Å². The molecule has 0 amide bonds. The number of benzene rings is 1. The average molecular weight is 233 g/mol. The number of hydrogen-bond donors (Lipinski definition) is 2. The molecule has 17 heavy (non-hydrogen) atoms. The Hall–Kier alpha value is -1.06. The first kappa shape index (κ1) is 11.1. The monoisotopic (exact) mass is 233 g/mol. The van der Waals surface area contributed by atoms with E-state index in [2.05, 4.69) is 5.32 Å². The number of ether oxygens (including phenoxy) is 1. The molecule has 3 heteroatoms. The summed E-state index contributed by atoms with van der Waals surface area (Å²) in [6, 6.07) is 7.85. The number of nitrogens with one attached hydrogen (secondary N) is 1. The smallest absolute Gasteiger partial charge is 0.118 e. The van der Waals surface area contributed by atoms with Crippen molar-refractivity contribution in [2.45, 2.75) is 18.4 Å². The maximum Gasteiger partial charge on any atom is 0.118 e. The van der Waals surface area contributed by atoms with E-state index < -0.39 is 5.60 Å². The summed E-state index contributed by atoms with van der Waals surface area (Å²) in [7, 11) is 1.66. The summed E-state index contributed by atoms with van der Waals surface area (Å²) in [6.45, 7) is 2.12. The molecule has 1 heterocycles. The van der Waals surface area contributed by atoms with Crippen LogP contribution in [0.3, 0.4) is 0 Å². The second-order valence-corrected chi connectivity index (χ2v) is 5.35. The van der Waals surface area contributed by atoms with Crippen molar-refractivity contribution >= 4 is 0 Å². The zero-order valence-corrected chi connectivity index (χ0v) is 10.1. The number of rotatable bonds is 2. The lowest BCUT2D eigenvalue weighted by Gasteiger charge is -2.24. The van der Waals surface area contributed by atoms with E-state index in [4.69, 9.17) is 4.74 Å². The van der Waals surface area contributed by atoms with Crippen molar-refractivity contribution in [2.24, 2.45) is 11.8 Å². The maximum atomic E-state index is 10.8. The first-order valence-electron chi connectivity index (χ1n) is 6.29. The highest BCUT2D eigenvalue weighted by molar-refractivity contribution is 5.32. The lowest BCUT2D eigenvalue weighted by Crippen LogP contribution is -2.25. The molecule has 3 nitrogen and oxygen atoms in total. The Bertz CT molecular complexity index is 389. The molecule has 3 rings (SSSR count). The quantitative estimate of drug-likeness (QED) is 0.813. The Balaban J connectivity index is 1.83. The Morgan fingerprint density at radius 2 is 1.76 bits per heavy atom. The maximum absolute atomic E-state index is 10.8. The molecule has 2 fully saturated rings. The van der Waals surface area contributed by atoms with Gasteiger partial charge in [-0.3, -0.25) is 0 Å². The normalized spacial score (nSPS) is 35.9. The highest BCUT2D eigenvalue weighted by atomic mass is 16.5. The van der Waals surface area contributed by atoms with Gasteiger partial charge in [0.2, 0.25) is 0 Å². The minimum Gasteiger partial charge on any atom is -0.497 e. The highest BCUT2D eigenvalue weighted by Gasteiger charge is 2.46. The van der Waals surface area contributed by atoms with Crippen molar-refractivity contribution in [3.63, 3.8) is 0 Å². The molecule has 1 saturated heterocycles. The number of fused-ring (bicyclic) bond motifs is 1. The van der Waals surface area contributed by atoms with Crippen LogP contribution >= 0.6 is 0 Å². The Labute approximate surface area is 102 Å². The van der Waals surface area contributed by atoms with Crippen LogP contribution in [0.2, 0.25) is 0 Å². The Morgan fingerprint density at radius 3 is 2.29 bits per heavy atom. The minimum atomic E-state index is -0.621. The zero-order valence-electron chi connectivity index (χ0n) is 10.1. The number of hydrogen-bond acceptors (Lipinski definition) is 3. The molecule has 0 radical (unpaired) electrons. The molecular formula is C14H19NO2. The van der Waals surface area contributed by atoms with E-state index in [0.29, 0.717) is 11.8 Å². The predicted octanol–water partition coefficient (Wildman–Crippen LogP) is 1.51. The second kappa shape index (κ2) is 4.00. The van der Waals surface area contributed by atoms with Gasteiger partial charge in [-0.1, -0.05) is 12.1 Å². The minimum absolute atomic E-state index is 0.621. The van der Waals surface area contributed by atoms with Gasteiger partial charge in [0, 0.05) is 0 Å². The van der Waals surface area contributed by atoms with Gasteiger partial charge in [0.15, 0.2) is 0 Å². The molecule has 2 unspecified atom stereocenters. The molecule has 1 aromatic rings. The summed E-state index contributed by atoms with van der Waals surface area (Å²) in [4.78, 5) is 0. The summed E-state index contributed by atoms with van der Waals surface area (Å²) in [5.74, 6) is 2.13. The van der Waals surface area contributed by atoms with E-state index in [9.17, 15) is 5.11 Å². The summed E-state index contributed by atoms with van der Waals surface area (Å²) in [5.41, 5.74) is 0.414. The Kier molecular flexibility index (Phi) is 2.60. The van der Waals surface area contributed by atoms with E-state index in [1.165, 1.54) is 0 Å². The van der Waals surface area contributed by atoms with Crippen LogP contribution in [0.15, 0.2) is 24.3 Å². The molecule has 2 N–H and O–H groups in total. The first-order chi connectivity index (χ1) is 8.21. The van der Waals surface area contributed by atoms with Crippen LogP contribution in [0.4, 0.5) is 0 Å². The fourth-order valence-corrected chi connectivity index (χ4v) is 3.35. The molecule has 92 valence electrons. The number of aliphatic hydroxyl groups is 1. The molecule has 1 aliphatic heterocycles. The van der Waals surface area contributed by atoms with Gasteiger partial charge in [-0.25, -0.2) is 0 Å². The highest BCUT2D eigenvalue weighted by Crippen LogP contribution is 2.47. The third-order valence-corrected chi connectivity index (χ3v) is 4.31. The van der Waals surface area contributed by atoms with E-state index in [-0.39, 0.29) is 0 Å². The van der Waals surface area contributed by atoms with Crippen LogP contribution < -0.4 is 10.1 Å². The Morgan fingerprint density at radius 1 is 1.18 bits per heavy atom. The molecule has 1 saturated carbocycles. The summed E-state index contributed by atoms with van der Waals surface area (Å²) in [5, 5.41) is 14.2. The molecule has 1 aliphatic carbocycles. The molecule has 0 spiro atoms. The molecular weight excluding hydrogens is 214 g/mol. The zero-order chi connectivity index (χ0) is 11.9. The van der Waals surface area contributed by atoms with Gasteiger partial charge in [0.25, 0.3) is 0 Å². The van der Waals surface area contributed by atoms with Crippen molar-refractivity contribution in [3.8, 4) is 5.75 Å². The van der Waals surface area contributed by atoms with Gasteiger partial charge in [-0.05, 0) is 55.5 Å². The van der Waals surface area contributed by atoms with E-state index >= 15 is 0 Å². The summed E-state index contributed by atoms with van der Waals surface area (Å²) in [6.07, 6.45) is 1.77. The van der Waals surface area contributed by atoms with Gasteiger partial charge in [-0.2, -0.15) is 0 Å². The molecule has 0 aromatic heterocycles. The van der Waals surface area contributed by atoms with E-state index in [0.717, 1.165) is 37.2 Å². The van der Waals surface area contributed by atoms with Crippen LogP contribution in [-0.2, 0) is 5.60 Å². The van der Waals surface area contributed by atoms with Gasteiger partial charge < -0.3 is 15.2 Å². The van der Waals surface area contributed by atoms with Gasteiger partial charge >= 0.3 is 0 Å². The lowest BCUT2D eigenvalue weighted by molar-refractivity contribution is 0.0358.